The third-order valence-corrected chi connectivity index (χ3v) is 3.55. The van der Waals surface area contributed by atoms with E-state index < -0.39 is 0 Å². The number of amides is 2. The molecule has 1 unspecified atom stereocenters. The summed E-state index contributed by atoms with van der Waals surface area (Å²) in [6.07, 6.45) is 0.278. The molecule has 96 valence electrons. The Morgan fingerprint density at radius 2 is 2.00 bits per heavy atom. The second kappa shape index (κ2) is 5.10. The van der Waals surface area contributed by atoms with E-state index >= 15 is 0 Å². The molecule has 0 saturated carbocycles. The number of hydrogen-bond acceptors (Lipinski definition) is 2. The first-order valence-corrected chi connectivity index (χ1v) is 6.61. The van der Waals surface area contributed by atoms with Crippen molar-refractivity contribution < 1.29 is 9.59 Å². The molecule has 1 fully saturated rings. The van der Waals surface area contributed by atoms with E-state index in [1.807, 2.05) is 26.0 Å². The smallest absolute Gasteiger partial charge is 0.229 e. The van der Waals surface area contributed by atoms with Crippen molar-refractivity contribution in [3.05, 3.63) is 27.7 Å². The predicted molar refractivity (Wildman–Crippen MR) is 73.4 cm³/mol. The van der Waals surface area contributed by atoms with E-state index in [0.717, 1.165) is 21.3 Å². The molecule has 1 aliphatic heterocycles. The maximum atomic E-state index is 12.0. The van der Waals surface area contributed by atoms with E-state index in [-0.39, 0.29) is 24.2 Å². The number of carbonyl (C=O) groups is 2. The van der Waals surface area contributed by atoms with Crippen molar-refractivity contribution in [2.75, 3.05) is 11.9 Å². The normalized spacial score (nSPS) is 18.6. The number of nitrogens with one attached hydrogen (secondary N) is 2. The first-order chi connectivity index (χ1) is 8.47. The van der Waals surface area contributed by atoms with Crippen LogP contribution in [-0.2, 0) is 9.59 Å². The number of rotatable bonds is 2. The van der Waals surface area contributed by atoms with Crippen LogP contribution >= 0.6 is 15.9 Å². The molecule has 0 bridgehead atoms. The van der Waals surface area contributed by atoms with Crippen LogP contribution in [0.2, 0.25) is 0 Å². The Labute approximate surface area is 114 Å². The Morgan fingerprint density at radius 3 is 2.50 bits per heavy atom. The van der Waals surface area contributed by atoms with Gasteiger partial charge in [-0.15, -0.1) is 0 Å². The minimum absolute atomic E-state index is 0.0561. The van der Waals surface area contributed by atoms with Gasteiger partial charge in [0.05, 0.1) is 5.92 Å². The number of hydrogen-bond donors (Lipinski definition) is 2. The molecule has 0 spiro atoms. The fourth-order valence-corrected chi connectivity index (χ4v) is 2.81. The highest BCUT2D eigenvalue weighted by Crippen LogP contribution is 2.26. The lowest BCUT2D eigenvalue weighted by Crippen LogP contribution is -2.25. The Balaban J connectivity index is 2.14. The Kier molecular flexibility index (Phi) is 3.71. The molecule has 1 aromatic rings. The molecule has 0 aromatic heterocycles. The zero-order valence-electron chi connectivity index (χ0n) is 10.3. The van der Waals surface area contributed by atoms with Gasteiger partial charge >= 0.3 is 0 Å². The number of halogens is 1. The van der Waals surface area contributed by atoms with Gasteiger partial charge in [-0.05, 0) is 37.1 Å². The second-order valence-electron chi connectivity index (χ2n) is 4.61. The molecule has 2 N–H and O–H groups in total. The summed E-state index contributed by atoms with van der Waals surface area (Å²) in [6, 6.07) is 3.92. The van der Waals surface area contributed by atoms with Crippen molar-refractivity contribution in [3.8, 4) is 0 Å². The zero-order valence-corrected chi connectivity index (χ0v) is 11.9. The largest absolute Gasteiger partial charge is 0.355 e. The average molecular weight is 311 g/mol. The van der Waals surface area contributed by atoms with Crippen LogP contribution in [0.5, 0.6) is 0 Å². The van der Waals surface area contributed by atoms with Crippen molar-refractivity contribution in [2.24, 2.45) is 5.92 Å². The zero-order chi connectivity index (χ0) is 13.3. The summed E-state index contributed by atoms with van der Waals surface area (Å²) >= 11 is 3.42. The topological polar surface area (TPSA) is 58.2 Å². The van der Waals surface area contributed by atoms with Gasteiger partial charge < -0.3 is 10.6 Å². The second-order valence-corrected chi connectivity index (χ2v) is 5.52. The standard InChI is InChI=1S/C13H15BrN2O2/c1-7-3-10(14)4-8(2)12(7)16-13(18)9-5-11(17)15-6-9/h3-4,9H,5-6H2,1-2H3,(H,15,17)(H,16,18). The predicted octanol–water partition coefficient (Wildman–Crippen LogP) is 2.14. The lowest BCUT2D eigenvalue weighted by atomic mass is 10.1. The van der Waals surface area contributed by atoms with Crippen molar-refractivity contribution >= 4 is 33.4 Å². The summed E-state index contributed by atoms with van der Waals surface area (Å²) in [6.45, 7) is 4.33. The van der Waals surface area contributed by atoms with Gasteiger partial charge in [0.1, 0.15) is 0 Å². The Bertz CT molecular complexity index is 491. The Hall–Kier alpha value is -1.36. The third-order valence-electron chi connectivity index (χ3n) is 3.09. The first-order valence-electron chi connectivity index (χ1n) is 5.81. The molecule has 18 heavy (non-hydrogen) atoms. The fourth-order valence-electron chi connectivity index (χ4n) is 2.12. The van der Waals surface area contributed by atoms with Gasteiger partial charge in [-0.25, -0.2) is 0 Å². The first kappa shape index (κ1) is 13.1. The molecular formula is C13H15BrN2O2. The van der Waals surface area contributed by atoms with E-state index in [1.54, 1.807) is 0 Å². The van der Waals surface area contributed by atoms with Crippen molar-refractivity contribution in [1.29, 1.82) is 0 Å². The van der Waals surface area contributed by atoms with Crippen molar-refractivity contribution in [3.63, 3.8) is 0 Å². The van der Waals surface area contributed by atoms with Gasteiger partial charge in [0.2, 0.25) is 11.8 Å². The Morgan fingerprint density at radius 1 is 1.39 bits per heavy atom. The van der Waals surface area contributed by atoms with E-state index in [0.29, 0.717) is 6.54 Å². The van der Waals surface area contributed by atoms with Crippen LogP contribution < -0.4 is 10.6 Å². The lowest BCUT2D eigenvalue weighted by molar-refractivity contribution is -0.123. The fraction of sp³-hybridized carbons (Fsp3) is 0.385. The van der Waals surface area contributed by atoms with Crippen LogP contribution in [0.15, 0.2) is 16.6 Å². The number of anilines is 1. The number of aryl methyl sites for hydroxylation is 2. The minimum Gasteiger partial charge on any atom is -0.355 e. The van der Waals surface area contributed by atoms with Gasteiger partial charge in [0.15, 0.2) is 0 Å². The van der Waals surface area contributed by atoms with Crippen LogP contribution in [-0.4, -0.2) is 18.4 Å². The monoisotopic (exact) mass is 310 g/mol. The molecule has 0 radical (unpaired) electrons. The molecule has 1 heterocycles. The summed E-state index contributed by atoms with van der Waals surface area (Å²) in [5, 5.41) is 5.58. The van der Waals surface area contributed by atoms with Gasteiger partial charge in [0, 0.05) is 23.1 Å². The molecular weight excluding hydrogens is 296 g/mol. The highest BCUT2D eigenvalue weighted by Gasteiger charge is 2.28. The quantitative estimate of drug-likeness (QED) is 0.879. The molecule has 4 nitrogen and oxygen atoms in total. The van der Waals surface area contributed by atoms with Crippen LogP contribution in [0.25, 0.3) is 0 Å². The van der Waals surface area contributed by atoms with E-state index in [4.69, 9.17) is 0 Å². The molecule has 2 amide bonds. The summed E-state index contributed by atoms with van der Waals surface area (Å²) in [5.41, 5.74) is 2.85. The van der Waals surface area contributed by atoms with Crippen molar-refractivity contribution in [2.45, 2.75) is 20.3 Å². The third kappa shape index (κ3) is 2.72. The summed E-state index contributed by atoms with van der Waals surface area (Å²) < 4.78 is 0.994. The minimum atomic E-state index is -0.264. The van der Waals surface area contributed by atoms with Crippen LogP contribution in [0.1, 0.15) is 17.5 Å². The van der Waals surface area contributed by atoms with E-state index in [9.17, 15) is 9.59 Å². The molecule has 2 rings (SSSR count). The highest BCUT2D eigenvalue weighted by molar-refractivity contribution is 9.10. The van der Waals surface area contributed by atoms with Crippen LogP contribution in [0, 0.1) is 19.8 Å². The maximum Gasteiger partial charge on any atom is 0.229 e. The van der Waals surface area contributed by atoms with Gasteiger partial charge in [0.25, 0.3) is 0 Å². The van der Waals surface area contributed by atoms with Crippen LogP contribution in [0.3, 0.4) is 0 Å². The maximum absolute atomic E-state index is 12.0. The number of carbonyl (C=O) groups excluding carboxylic acids is 2. The summed E-state index contributed by atoms with van der Waals surface area (Å²) in [4.78, 5) is 23.1. The SMILES string of the molecule is Cc1cc(Br)cc(C)c1NC(=O)C1CNC(=O)C1. The molecule has 1 saturated heterocycles. The average Bonchev–Trinajstić information content (AvgIpc) is 2.70. The van der Waals surface area contributed by atoms with Gasteiger partial charge in [-0.1, -0.05) is 15.9 Å². The lowest BCUT2D eigenvalue weighted by Gasteiger charge is -2.14. The van der Waals surface area contributed by atoms with Crippen molar-refractivity contribution in [1.82, 2.24) is 5.32 Å². The summed E-state index contributed by atoms with van der Waals surface area (Å²) in [7, 11) is 0. The molecule has 5 heteroatoms. The van der Waals surface area contributed by atoms with Gasteiger partial charge in [-0.2, -0.15) is 0 Å². The molecule has 0 aliphatic carbocycles. The summed E-state index contributed by atoms with van der Waals surface area (Å²) in [5.74, 6) is -0.416. The highest BCUT2D eigenvalue weighted by atomic mass is 79.9. The molecule has 1 aromatic carbocycles. The molecule has 1 atom stereocenters. The number of benzene rings is 1. The van der Waals surface area contributed by atoms with E-state index in [1.165, 1.54) is 0 Å². The molecule has 1 aliphatic rings. The van der Waals surface area contributed by atoms with Crippen LogP contribution in [0.4, 0.5) is 5.69 Å². The van der Waals surface area contributed by atoms with E-state index in [2.05, 4.69) is 26.6 Å². The van der Waals surface area contributed by atoms with Gasteiger partial charge in [-0.3, -0.25) is 9.59 Å².